The zero-order valence-corrected chi connectivity index (χ0v) is 26.9. The van der Waals surface area contributed by atoms with Gasteiger partial charge in [-0.3, -0.25) is 13.9 Å². The largest absolute Gasteiger partial charge is 0.492 e. The predicted molar refractivity (Wildman–Crippen MR) is 173 cm³/mol. The number of anilines is 1. The van der Waals surface area contributed by atoms with E-state index in [1.165, 1.54) is 4.31 Å². The first kappa shape index (κ1) is 33.9. The number of hydrogen-bond donors (Lipinski definition) is 1. The van der Waals surface area contributed by atoms with Crippen molar-refractivity contribution in [2.24, 2.45) is 5.92 Å². The number of rotatable bonds is 16. The molecule has 0 bridgehead atoms. The lowest BCUT2D eigenvalue weighted by atomic mass is 10.0. The molecule has 0 aliphatic rings. The van der Waals surface area contributed by atoms with E-state index in [0.29, 0.717) is 36.0 Å². The molecular weight excluding hydrogens is 586 g/mol. The summed E-state index contributed by atoms with van der Waals surface area (Å²) < 4.78 is 32.6. The molecule has 3 rings (SSSR count). The number of hydrogen-bond acceptors (Lipinski definition) is 5. The van der Waals surface area contributed by atoms with Crippen molar-refractivity contribution in [3.63, 3.8) is 0 Å². The SMILES string of the molecule is CCOc1ccccc1N(CCCC(=O)N(Cc1cccc(Cl)c1)[C@H](Cc1ccccc1)C(=O)NCC(C)C)S(C)(=O)=O. The molecule has 1 atom stereocenters. The van der Waals surface area contributed by atoms with Crippen LogP contribution < -0.4 is 14.4 Å². The summed E-state index contributed by atoms with van der Waals surface area (Å²) >= 11 is 6.26. The van der Waals surface area contributed by atoms with Gasteiger partial charge in [0.05, 0.1) is 18.6 Å². The molecule has 8 nitrogen and oxygen atoms in total. The van der Waals surface area contributed by atoms with Crippen molar-refractivity contribution in [1.29, 1.82) is 0 Å². The zero-order valence-electron chi connectivity index (χ0n) is 25.3. The third-order valence-electron chi connectivity index (χ3n) is 6.78. The second-order valence-electron chi connectivity index (χ2n) is 10.8. The highest BCUT2D eigenvalue weighted by atomic mass is 35.5. The van der Waals surface area contributed by atoms with E-state index in [2.05, 4.69) is 5.32 Å². The average Bonchev–Trinajstić information content (AvgIpc) is 2.96. The number of benzene rings is 3. The van der Waals surface area contributed by atoms with E-state index in [4.69, 9.17) is 16.3 Å². The Kier molecular flexibility index (Phi) is 12.9. The minimum atomic E-state index is -3.67. The van der Waals surface area contributed by atoms with E-state index in [-0.39, 0.29) is 43.7 Å². The minimum Gasteiger partial charge on any atom is -0.492 e. The second kappa shape index (κ2) is 16.3. The number of nitrogens with one attached hydrogen (secondary N) is 1. The van der Waals surface area contributed by atoms with E-state index >= 15 is 0 Å². The van der Waals surface area contributed by atoms with Crippen molar-refractivity contribution in [1.82, 2.24) is 10.2 Å². The number of carbonyl (C=O) groups is 2. The lowest BCUT2D eigenvalue weighted by Gasteiger charge is -2.32. The molecule has 0 spiro atoms. The van der Waals surface area contributed by atoms with Gasteiger partial charge in [-0.05, 0) is 54.7 Å². The fourth-order valence-corrected chi connectivity index (χ4v) is 5.91. The lowest BCUT2D eigenvalue weighted by Crippen LogP contribution is -2.51. The smallest absolute Gasteiger partial charge is 0.243 e. The maximum atomic E-state index is 14.0. The molecule has 232 valence electrons. The molecule has 0 unspecified atom stereocenters. The van der Waals surface area contributed by atoms with Gasteiger partial charge in [0.15, 0.2) is 0 Å². The summed E-state index contributed by atoms with van der Waals surface area (Å²) in [4.78, 5) is 29.2. The van der Waals surface area contributed by atoms with Gasteiger partial charge in [-0.15, -0.1) is 0 Å². The van der Waals surface area contributed by atoms with Gasteiger partial charge in [-0.2, -0.15) is 0 Å². The van der Waals surface area contributed by atoms with Gasteiger partial charge in [0.2, 0.25) is 21.8 Å². The molecule has 0 aliphatic heterocycles. The quantitative estimate of drug-likeness (QED) is 0.220. The first-order valence-corrected chi connectivity index (χ1v) is 16.8. The number of nitrogens with zero attached hydrogens (tertiary/aromatic N) is 2. The summed E-state index contributed by atoms with van der Waals surface area (Å²) in [7, 11) is -3.67. The Balaban J connectivity index is 1.90. The van der Waals surface area contributed by atoms with E-state index in [0.717, 1.165) is 17.4 Å². The normalized spacial score (nSPS) is 12.0. The highest BCUT2D eigenvalue weighted by molar-refractivity contribution is 7.92. The molecule has 3 aromatic rings. The molecule has 1 N–H and O–H groups in total. The van der Waals surface area contributed by atoms with Crippen molar-refractivity contribution in [2.75, 3.05) is 30.3 Å². The van der Waals surface area contributed by atoms with Crippen molar-refractivity contribution in [3.05, 3.63) is 95.0 Å². The van der Waals surface area contributed by atoms with Crippen molar-refractivity contribution >= 4 is 39.1 Å². The van der Waals surface area contributed by atoms with Crippen LogP contribution in [0.1, 0.15) is 44.7 Å². The second-order valence-corrected chi connectivity index (χ2v) is 13.2. The van der Waals surface area contributed by atoms with Gasteiger partial charge in [-0.25, -0.2) is 8.42 Å². The van der Waals surface area contributed by atoms with Gasteiger partial charge < -0.3 is 15.0 Å². The summed E-state index contributed by atoms with van der Waals surface area (Å²) in [6.45, 7) is 6.96. The number of amides is 2. The fourth-order valence-electron chi connectivity index (χ4n) is 4.73. The third-order valence-corrected chi connectivity index (χ3v) is 8.20. The maximum Gasteiger partial charge on any atom is 0.243 e. The van der Waals surface area contributed by atoms with Crippen molar-refractivity contribution in [3.8, 4) is 5.75 Å². The van der Waals surface area contributed by atoms with E-state index < -0.39 is 16.1 Å². The van der Waals surface area contributed by atoms with Crippen LogP contribution in [-0.2, 0) is 32.6 Å². The fraction of sp³-hybridized carbons (Fsp3) is 0.394. The van der Waals surface area contributed by atoms with E-state index in [9.17, 15) is 18.0 Å². The summed E-state index contributed by atoms with van der Waals surface area (Å²) in [6, 6.07) is 23.0. The van der Waals surface area contributed by atoms with Crippen LogP contribution in [-0.4, -0.2) is 57.1 Å². The first-order chi connectivity index (χ1) is 20.5. The van der Waals surface area contributed by atoms with Gasteiger partial charge in [0.25, 0.3) is 0 Å². The maximum absolute atomic E-state index is 14.0. The Labute approximate surface area is 261 Å². The molecule has 0 saturated carbocycles. The van der Waals surface area contributed by atoms with Crippen LogP contribution in [0.3, 0.4) is 0 Å². The van der Waals surface area contributed by atoms with Crippen LogP contribution >= 0.6 is 11.6 Å². The molecule has 3 aromatic carbocycles. The molecule has 43 heavy (non-hydrogen) atoms. The molecule has 0 heterocycles. The van der Waals surface area contributed by atoms with Crippen LogP contribution in [0.4, 0.5) is 5.69 Å². The third kappa shape index (κ3) is 10.6. The number of carbonyl (C=O) groups excluding carboxylic acids is 2. The van der Waals surface area contributed by atoms with Crippen LogP contribution in [0.2, 0.25) is 5.02 Å². The predicted octanol–water partition coefficient (Wildman–Crippen LogP) is 5.70. The average molecular weight is 628 g/mol. The zero-order chi connectivity index (χ0) is 31.4. The van der Waals surface area contributed by atoms with Gasteiger partial charge in [0.1, 0.15) is 11.8 Å². The molecule has 0 radical (unpaired) electrons. The number of para-hydroxylation sites is 2. The first-order valence-electron chi connectivity index (χ1n) is 14.5. The van der Waals surface area contributed by atoms with E-state index in [1.807, 2.05) is 63.2 Å². The Hall–Kier alpha value is -3.56. The molecule has 0 fully saturated rings. The molecule has 0 saturated heterocycles. The van der Waals surface area contributed by atoms with Gasteiger partial charge in [-0.1, -0.05) is 80.0 Å². The van der Waals surface area contributed by atoms with Crippen LogP contribution in [0.15, 0.2) is 78.9 Å². The molecule has 0 aliphatic carbocycles. The van der Waals surface area contributed by atoms with Crippen molar-refractivity contribution in [2.45, 2.75) is 52.6 Å². The molecular formula is C33H42ClN3O5S. The molecule has 2 amide bonds. The number of halogens is 1. The lowest BCUT2D eigenvalue weighted by molar-refractivity contribution is -0.141. The van der Waals surface area contributed by atoms with Crippen LogP contribution in [0, 0.1) is 5.92 Å². The molecule has 0 aromatic heterocycles. The summed E-state index contributed by atoms with van der Waals surface area (Å²) in [5, 5.41) is 3.54. The highest BCUT2D eigenvalue weighted by Gasteiger charge is 2.31. The number of sulfonamides is 1. The molecule has 10 heteroatoms. The standard InChI is InChI=1S/C33H42ClN3O5S/c1-5-42-31-18-10-9-17-29(31)37(43(4,40)41)20-12-19-32(38)36(24-27-15-11-16-28(34)21-27)30(33(39)35-23-25(2)3)22-26-13-7-6-8-14-26/h6-11,13-18,21,25,30H,5,12,19-20,22-24H2,1-4H3,(H,35,39)/t30-/m1/s1. The minimum absolute atomic E-state index is 0.0339. The van der Waals surface area contributed by atoms with E-state index in [1.54, 1.807) is 41.3 Å². The van der Waals surface area contributed by atoms with Gasteiger partial charge in [0, 0.05) is 37.5 Å². The van der Waals surface area contributed by atoms with Crippen LogP contribution in [0.5, 0.6) is 5.75 Å². The Morgan fingerprint density at radius 1 is 0.953 bits per heavy atom. The highest BCUT2D eigenvalue weighted by Crippen LogP contribution is 2.30. The Morgan fingerprint density at radius 2 is 1.63 bits per heavy atom. The Bertz CT molecular complexity index is 1450. The summed E-state index contributed by atoms with van der Waals surface area (Å²) in [6.07, 6.45) is 1.74. The number of ether oxygens (including phenoxy) is 1. The topological polar surface area (TPSA) is 96.0 Å². The van der Waals surface area contributed by atoms with Gasteiger partial charge >= 0.3 is 0 Å². The summed E-state index contributed by atoms with van der Waals surface area (Å²) in [5.74, 6) is 0.192. The van der Waals surface area contributed by atoms with Crippen molar-refractivity contribution < 1.29 is 22.7 Å². The summed E-state index contributed by atoms with van der Waals surface area (Å²) in [5.41, 5.74) is 2.14. The Morgan fingerprint density at radius 3 is 2.28 bits per heavy atom. The van der Waals surface area contributed by atoms with Crippen LogP contribution in [0.25, 0.3) is 0 Å². The monoisotopic (exact) mass is 627 g/mol.